The van der Waals surface area contributed by atoms with Crippen LogP contribution < -0.4 is 5.73 Å². The fraction of sp³-hybridized carbons (Fsp3) is 1.00. The summed E-state index contributed by atoms with van der Waals surface area (Å²) >= 11 is 0. The second kappa shape index (κ2) is 5.13. The maximum absolute atomic E-state index is 5.55. The molecular weight excluding hydrogens is 172 g/mol. The van der Waals surface area contributed by atoms with E-state index in [1.807, 2.05) is 0 Å². The van der Waals surface area contributed by atoms with Gasteiger partial charge in [-0.1, -0.05) is 19.3 Å². The van der Waals surface area contributed by atoms with Crippen molar-refractivity contribution in [2.75, 3.05) is 26.2 Å². The Balaban J connectivity index is 1.77. The van der Waals surface area contributed by atoms with E-state index in [-0.39, 0.29) is 0 Å². The molecule has 2 nitrogen and oxygen atoms in total. The Labute approximate surface area is 87.8 Å². The number of piperidine rings is 1. The van der Waals surface area contributed by atoms with Crippen molar-refractivity contribution in [3.05, 3.63) is 0 Å². The molecule has 82 valence electrons. The molecule has 0 spiro atoms. The zero-order chi connectivity index (χ0) is 9.80. The van der Waals surface area contributed by atoms with E-state index in [0.29, 0.717) is 0 Å². The molecule has 1 heterocycles. The Bertz CT molecular complexity index is 170. The van der Waals surface area contributed by atoms with Crippen molar-refractivity contribution < 1.29 is 0 Å². The summed E-state index contributed by atoms with van der Waals surface area (Å²) in [5.41, 5.74) is 5.55. The molecule has 1 aliphatic carbocycles. The number of rotatable bonds is 3. The Morgan fingerprint density at radius 1 is 1.07 bits per heavy atom. The predicted molar refractivity (Wildman–Crippen MR) is 60.2 cm³/mol. The first-order valence-corrected chi connectivity index (χ1v) is 6.32. The van der Waals surface area contributed by atoms with E-state index >= 15 is 0 Å². The molecule has 1 saturated carbocycles. The highest BCUT2D eigenvalue weighted by atomic mass is 15.1. The van der Waals surface area contributed by atoms with Crippen LogP contribution in [0.2, 0.25) is 0 Å². The molecule has 2 aliphatic rings. The molecule has 0 unspecified atom stereocenters. The van der Waals surface area contributed by atoms with Gasteiger partial charge in [-0.2, -0.15) is 0 Å². The SMILES string of the molecule is NCCCN1CC[C@@H]2CCCC[C@@H]2C1. The summed E-state index contributed by atoms with van der Waals surface area (Å²) in [4.78, 5) is 2.64. The highest BCUT2D eigenvalue weighted by Gasteiger charge is 2.30. The van der Waals surface area contributed by atoms with E-state index in [4.69, 9.17) is 5.73 Å². The third-order valence-electron chi connectivity index (χ3n) is 4.05. The standard InChI is InChI=1S/C12H24N2/c13-7-3-8-14-9-6-11-4-1-2-5-12(11)10-14/h11-12H,1-10,13H2/t11-,12+/m0/s1. The lowest BCUT2D eigenvalue weighted by Gasteiger charge is -2.41. The Morgan fingerprint density at radius 2 is 1.86 bits per heavy atom. The highest BCUT2D eigenvalue weighted by Crippen LogP contribution is 2.35. The van der Waals surface area contributed by atoms with Crippen LogP contribution in [0.25, 0.3) is 0 Å². The van der Waals surface area contributed by atoms with Gasteiger partial charge in [-0.05, 0) is 50.7 Å². The molecule has 14 heavy (non-hydrogen) atoms. The summed E-state index contributed by atoms with van der Waals surface area (Å²) in [5.74, 6) is 2.09. The maximum atomic E-state index is 5.55. The van der Waals surface area contributed by atoms with Crippen molar-refractivity contribution in [2.45, 2.75) is 38.5 Å². The van der Waals surface area contributed by atoms with Crippen molar-refractivity contribution in [3.63, 3.8) is 0 Å². The first kappa shape index (κ1) is 10.4. The average Bonchev–Trinajstić information content (AvgIpc) is 2.26. The summed E-state index contributed by atoms with van der Waals surface area (Å²) in [6, 6.07) is 0. The Hall–Kier alpha value is -0.0800. The van der Waals surface area contributed by atoms with Gasteiger partial charge in [-0.25, -0.2) is 0 Å². The van der Waals surface area contributed by atoms with E-state index in [0.717, 1.165) is 18.4 Å². The van der Waals surface area contributed by atoms with E-state index in [1.165, 1.54) is 58.2 Å². The molecule has 1 saturated heterocycles. The van der Waals surface area contributed by atoms with Crippen molar-refractivity contribution in [3.8, 4) is 0 Å². The van der Waals surface area contributed by atoms with Crippen LogP contribution in [0.15, 0.2) is 0 Å². The van der Waals surface area contributed by atoms with Crippen LogP contribution in [0.1, 0.15) is 38.5 Å². The minimum atomic E-state index is 0.852. The third-order valence-corrected chi connectivity index (χ3v) is 4.05. The zero-order valence-electron chi connectivity index (χ0n) is 9.25. The van der Waals surface area contributed by atoms with E-state index in [1.54, 1.807) is 0 Å². The number of nitrogens with two attached hydrogens (primary N) is 1. The molecule has 0 aromatic heterocycles. The molecule has 1 aliphatic heterocycles. The first-order chi connectivity index (χ1) is 6.90. The van der Waals surface area contributed by atoms with Crippen molar-refractivity contribution in [1.82, 2.24) is 4.90 Å². The fourth-order valence-electron chi connectivity index (χ4n) is 3.19. The molecule has 2 rings (SSSR count). The topological polar surface area (TPSA) is 29.3 Å². The zero-order valence-corrected chi connectivity index (χ0v) is 9.25. The number of likely N-dealkylation sites (tertiary alicyclic amines) is 1. The van der Waals surface area contributed by atoms with Gasteiger partial charge in [0.2, 0.25) is 0 Å². The van der Waals surface area contributed by atoms with Crippen LogP contribution in [0.4, 0.5) is 0 Å². The smallest absolute Gasteiger partial charge is 0.00123 e. The van der Waals surface area contributed by atoms with Gasteiger partial charge in [0.05, 0.1) is 0 Å². The molecule has 2 atom stereocenters. The summed E-state index contributed by atoms with van der Waals surface area (Å²) in [7, 11) is 0. The average molecular weight is 196 g/mol. The Morgan fingerprint density at radius 3 is 2.64 bits per heavy atom. The van der Waals surface area contributed by atoms with E-state index in [2.05, 4.69) is 4.90 Å². The molecule has 0 aromatic rings. The number of hydrogen-bond acceptors (Lipinski definition) is 2. The van der Waals surface area contributed by atoms with Crippen LogP contribution in [0.3, 0.4) is 0 Å². The summed E-state index contributed by atoms with van der Waals surface area (Å²) < 4.78 is 0. The van der Waals surface area contributed by atoms with Gasteiger partial charge in [0, 0.05) is 6.54 Å². The van der Waals surface area contributed by atoms with Gasteiger partial charge in [-0.3, -0.25) is 0 Å². The summed E-state index contributed by atoms with van der Waals surface area (Å²) in [5, 5.41) is 0. The fourth-order valence-corrected chi connectivity index (χ4v) is 3.19. The highest BCUT2D eigenvalue weighted by molar-refractivity contribution is 4.83. The minimum Gasteiger partial charge on any atom is -0.330 e. The maximum Gasteiger partial charge on any atom is 0.00123 e. The molecule has 2 heteroatoms. The van der Waals surface area contributed by atoms with Gasteiger partial charge < -0.3 is 10.6 Å². The molecule has 0 aromatic carbocycles. The third kappa shape index (κ3) is 2.48. The normalized spacial score (nSPS) is 34.1. The van der Waals surface area contributed by atoms with Crippen molar-refractivity contribution in [2.24, 2.45) is 17.6 Å². The Kier molecular flexibility index (Phi) is 3.82. The summed E-state index contributed by atoms with van der Waals surface area (Å²) in [6.07, 6.45) is 8.60. The lowest BCUT2D eigenvalue weighted by molar-refractivity contribution is 0.0866. The van der Waals surface area contributed by atoms with Crippen LogP contribution >= 0.6 is 0 Å². The first-order valence-electron chi connectivity index (χ1n) is 6.32. The lowest BCUT2D eigenvalue weighted by atomic mass is 9.75. The number of hydrogen-bond donors (Lipinski definition) is 1. The van der Waals surface area contributed by atoms with Gasteiger partial charge in [0.25, 0.3) is 0 Å². The quantitative estimate of drug-likeness (QED) is 0.746. The second-order valence-corrected chi connectivity index (χ2v) is 5.04. The molecule has 0 amide bonds. The largest absolute Gasteiger partial charge is 0.330 e. The second-order valence-electron chi connectivity index (χ2n) is 5.04. The van der Waals surface area contributed by atoms with Crippen molar-refractivity contribution in [1.29, 1.82) is 0 Å². The predicted octanol–water partition coefficient (Wildman–Crippen LogP) is 1.85. The van der Waals surface area contributed by atoms with Crippen LogP contribution in [-0.4, -0.2) is 31.1 Å². The van der Waals surface area contributed by atoms with Crippen LogP contribution in [-0.2, 0) is 0 Å². The number of nitrogens with zero attached hydrogens (tertiary/aromatic N) is 1. The molecular formula is C12H24N2. The lowest BCUT2D eigenvalue weighted by Crippen LogP contribution is -2.42. The monoisotopic (exact) mass is 196 g/mol. The molecule has 2 fully saturated rings. The van der Waals surface area contributed by atoms with E-state index in [9.17, 15) is 0 Å². The van der Waals surface area contributed by atoms with Gasteiger partial charge >= 0.3 is 0 Å². The molecule has 0 radical (unpaired) electrons. The van der Waals surface area contributed by atoms with Crippen molar-refractivity contribution >= 4 is 0 Å². The summed E-state index contributed by atoms with van der Waals surface area (Å²) in [6.45, 7) is 4.79. The minimum absolute atomic E-state index is 0.852. The van der Waals surface area contributed by atoms with E-state index < -0.39 is 0 Å². The molecule has 0 bridgehead atoms. The molecule has 2 N–H and O–H groups in total. The van der Waals surface area contributed by atoms with Crippen LogP contribution in [0, 0.1) is 11.8 Å². The van der Waals surface area contributed by atoms with Crippen LogP contribution in [0.5, 0.6) is 0 Å². The number of fused-ring (bicyclic) bond motifs is 1. The van der Waals surface area contributed by atoms with Gasteiger partial charge in [0.15, 0.2) is 0 Å². The van der Waals surface area contributed by atoms with Gasteiger partial charge in [-0.15, -0.1) is 0 Å². The van der Waals surface area contributed by atoms with Gasteiger partial charge in [0.1, 0.15) is 0 Å².